The van der Waals surface area contributed by atoms with Gasteiger partial charge in [-0.25, -0.2) is 0 Å². The predicted octanol–water partition coefficient (Wildman–Crippen LogP) is 2.19. The highest BCUT2D eigenvalue weighted by molar-refractivity contribution is 5.94. The zero-order valence-electron chi connectivity index (χ0n) is 10.5. The fourth-order valence-electron chi connectivity index (χ4n) is 3.77. The second-order valence-electron chi connectivity index (χ2n) is 5.95. The van der Waals surface area contributed by atoms with Crippen molar-refractivity contribution in [1.82, 2.24) is 0 Å². The van der Waals surface area contributed by atoms with Gasteiger partial charge in [-0.15, -0.1) is 0 Å². The average Bonchev–Trinajstić information content (AvgIpc) is 2.53. The van der Waals surface area contributed by atoms with E-state index in [0.717, 1.165) is 12.8 Å². The molecule has 2 aliphatic carbocycles. The normalized spacial score (nSPS) is 40.1. The third-order valence-corrected chi connectivity index (χ3v) is 5.28. The van der Waals surface area contributed by atoms with Crippen molar-refractivity contribution in [2.24, 2.45) is 22.7 Å². The van der Waals surface area contributed by atoms with E-state index < -0.39 is 0 Å². The van der Waals surface area contributed by atoms with Crippen LogP contribution < -0.4 is 0 Å². The average molecular weight is 224 g/mol. The Morgan fingerprint density at radius 2 is 2.06 bits per heavy atom. The first-order valence-electron chi connectivity index (χ1n) is 5.95. The summed E-state index contributed by atoms with van der Waals surface area (Å²) in [6.07, 6.45) is 2.30. The molecule has 2 saturated carbocycles. The molecule has 3 atom stereocenters. The van der Waals surface area contributed by atoms with Crippen LogP contribution in [0.2, 0.25) is 0 Å². The number of rotatable bonds is 2. The van der Waals surface area contributed by atoms with Crippen LogP contribution in [0, 0.1) is 22.7 Å². The molecule has 0 aromatic heterocycles. The van der Waals surface area contributed by atoms with E-state index in [1.165, 1.54) is 7.11 Å². The van der Waals surface area contributed by atoms with Gasteiger partial charge in [0.25, 0.3) is 0 Å². The van der Waals surface area contributed by atoms with Gasteiger partial charge in [0.05, 0.1) is 13.5 Å². The highest BCUT2D eigenvalue weighted by Gasteiger charge is 2.66. The molecule has 0 aromatic rings. The summed E-state index contributed by atoms with van der Waals surface area (Å²) in [5.74, 6) is 0.259. The van der Waals surface area contributed by atoms with Gasteiger partial charge in [-0.05, 0) is 24.2 Å². The Kier molecular flexibility index (Phi) is 2.41. The minimum absolute atomic E-state index is 0.0305. The lowest BCUT2D eigenvalue weighted by Gasteiger charge is -2.32. The first-order valence-corrected chi connectivity index (χ1v) is 5.95. The van der Waals surface area contributed by atoms with Crippen LogP contribution in [0.1, 0.15) is 40.0 Å². The maximum atomic E-state index is 12.3. The Balaban J connectivity index is 2.26. The van der Waals surface area contributed by atoms with Crippen molar-refractivity contribution in [3.8, 4) is 0 Å². The molecule has 16 heavy (non-hydrogen) atoms. The molecule has 0 spiro atoms. The molecule has 0 N–H and O–H groups in total. The van der Waals surface area contributed by atoms with E-state index in [-0.39, 0.29) is 34.9 Å². The quantitative estimate of drug-likeness (QED) is 0.675. The molecule has 0 radical (unpaired) electrons. The molecule has 3 heteroatoms. The molecule has 3 nitrogen and oxygen atoms in total. The molecule has 0 saturated heterocycles. The third kappa shape index (κ3) is 1.20. The van der Waals surface area contributed by atoms with Gasteiger partial charge in [0.15, 0.2) is 0 Å². The molecular weight excluding hydrogens is 204 g/mol. The Morgan fingerprint density at radius 1 is 1.44 bits per heavy atom. The standard InChI is InChI=1S/C13H20O3/c1-12(2)9-5-6-13(12,3)11(15)8(9)7-10(14)16-4/h8-9H,5-7H2,1-4H3/t8-,9+,13-/m1/s1. The Labute approximate surface area is 96.5 Å². The van der Waals surface area contributed by atoms with Crippen molar-refractivity contribution in [1.29, 1.82) is 0 Å². The maximum Gasteiger partial charge on any atom is 0.306 e. The van der Waals surface area contributed by atoms with E-state index in [9.17, 15) is 9.59 Å². The lowest BCUT2D eigenvalue weighted by Crippen LogP contribution is -2.33. The lowest BCUT2D eigenvalue weighted by molar-refractivity contribution is -0.145. The summed E-state index contributed by atoms with van der Waals surface area (Å²) in [6.45, 7) is 6.40. The number of methoxy groups -OCH3 is 1. The van der Waals surface area contributed by atoms with Gasteiger partial charge in [-0.3, -0.25) is 9.59 Å². The second-order valence-corrected chi connectivity index (χ2v) is 5.95. The van der Waals surface area contributed by atoms with Crippen LogP contribution >= 0.6 is 0 Å². The molecule has 0 aliphatic heterocycles. The van der Waals surface area contributed by atoms with Crippen LogP contribution in [0.25, 0.3) is 0 Å². The number of carbonyl (C=O) groups is 2. The Morgan fingerprint density at radius 3 is 2.50 bits per heavy atom. The molecule has 90 valence electrons. The van der Waals surface area contributed by atoms with Gasteiger partial charge >= 0.3 is 5.97 Å². The number of carbonyl (C=O) groups excluding carboxylic acids is 2. The zero-order chi connectivity index (χ0) is 12.1. The van der Waals surface area contributed by atoms with Crippen LogP contribution in [-0.4, -0.2) is 18.9 Å². The number of esters is 1. The summed E-state index contributed by atoms with van der Waals surface area (Å²) in [5, 5.41) is 0. The first-order chi connectivity index (χ1) is 7.34. The number of hydrogen-bond donors (Lipinski definition) is 0. The Hall–Kier alpha value is -0.860. The van der Waals surface area contributed by atoms with Crippen LogP contribution in [0.15, 0.2) is 0 Å². The summed E-state index contributed by atoms with van der Waals surface area (Å²) in [7, 11) is 1.38. The minimum Gasteiger partial charge on any atom is -0.469 e. The summed E-state index contributed by atoms with van der Waals surface area (Å²) < 4.78 is 4.68. The van der Waals surface area contributed by atoms with Crippen molar-refractivity contribution < 1.29 is 14.3 Å². The Bertz CT molecular complexity index is 345. The topological polar surface area (TPSA) is 43.4 Å². The molecule has 0 aromatic carbocycles. The summed E-state index contributed by atoms with van der Waals surface area (Å²) >= 11 is 0. The van der Waals surface area contributed by atoms with Crippen LogP contribution in [0.4, 0.5) is 0 Å². The summed E-state index contributed by atoms with van der Waals surface area (Å²) in [4.78, 5) is 23.7. The summed E-state index contributed by atoms with van der Waals surface area (Å²) in [6, 6.07) is 0. The van der Waals surface area contributed by atoms with E-state index >= 15 is 0 Å². The minimum atomic E-state index is -0.259. The fourth-order valence-corrected chi connectivity index (χ4v) is 3.77. The van der Waals surface area contributed by atoms with Crippen LogP contribution in [-0.2, 0) is 14.3 Å². The van der Waals surface area contributed by atoms with Crippen molar-refractivity contribution in [3.05, 3.63) is 0 Å². The molecular formula is C13H20O3. The molecule has 2 aliphatic rings. The van der Waals surface area contributed by atoms with Gasteiger partial charge < -0.3 is 4.74 Å². The molecule has 0 heterocycles. The second kappa shape index (κ2) is 3.31. The number of ether oxygens (including phenoxy) is 1. The zero-order valence-corrected chi connectivity index (χ0v) is 10.5. The molecule has 2 rings (SSSR count). The van der Waals surface area contributed by atoms with Crippen molar-refractivity contribution in [3.63, 3.8) is 0 Å². The first kappa shape index (κ1) is 11.6. The highest BCUT2D eigenvalue weighted by Crippen LogP contribution is 2.66. The van der Waals surface area contributed by atoms with E-state index in [1.807, 2.05) is 0 Å². The SMILES string of the molecule is COC(=O)C[C@H]1C(=O)[C@@]2(C)CC[C@@H]1C2(C)C. The maximum absolute atomic E-state index is 12.3. The van der Waals surface area contributed by atoms with Gasteiger partial charge in [-0.1, -0.05) is 20.8 Å². The van der Waals surface area contributed by atoms with Crippen molar-refractivity contribution >= 4 is 11.8 Å². The number of ketones is 1. The van der Waals surface area contributed by atoms with Crippen molar-refractivity contribution in [2.75, 3.05) is 7.11 Å². The fraction of sp³-hybridized carbons (Fsp3) is 0.846. The van der Waals surface area contributed by atoms with Crippen molar-refractivity contribution in [2.45, 2.75) is 40.0 Å². The number of hydrogen-bond acceptors (Lipinski definition) is 3. The van der Waals surface area contributed by atoms with E-state index in [1.54, 1.807) is 0 Å². The van der Waals surface area contributed by atoms with Gasteiger partial charge in [0, 0.05) is 11.3 Å². The molecule has 2 bridgehead atoms. The monoisotopic (exact) mass is 224 g/mol. The van der Waals surface area contributed by atoms with E-state index in [0.29, 0.717) is 5.92 Å². The van der Waals surface area contributed by atoms with Crippen LogP contribution in [0.3, 0.4) is 0 Å². The van der Waals surface area contributed by atoms with Crippen LogP contribution in [0.5, 0.6) is 0 Å². The third-order valence-electron chi connectivity index (χ3n) is 5.28. The van der Waals surface area contributed by atoms with Gasteiger partial charge in [-0.2, -0.15) is 0 Å². The van der Waals surface area contributed by atoms with E-state index in [4.69, 9.17) is 0 Å². The van der Waals surface area contributed by atoms with E-state index in [2.05, 4.69) is 25.5 Å². The molecule has 2 fully saturated rings. The van der Waals surface area contributed by atoms with Gasteiger partial charge in [0.1, 0.15) is 5.78 Å². The molecule has 0 amide bonds. The highest BCUT2D eigenvalue weighted by atomic mass is 16.5. The lowest BCUT2D eigenvalue weighted by atomic mass is 9.70. The number of Topliss-reactive ketones (excluding diaryl/α,β-unsaturated/α-hetero) is 1. The van der Waals surface area contributed by atoms with Gasteiger partial charge in [0.2, 0.25) is 0 Å². The predicted molar refractivity (Wildman–Crippen MR) is 59.7 cm³/mol. The molecule has 0 unspecified atom stereocenters. The summed E-state index contributed by atoms with van der Waals surface area (Å²) in [5.41, 5.74) is -0.195. The number of fused-ring (bicyclic) bond motifs is 2. The largest absolute Gasteiger partial charge is 0.469 e. The smallest absolute Gasteiger partial charge is 0.306 e.